The maximum Gasteiger partial charge on any atom is 0.244 e. The third kappa shape index (κ3) is 3.67. The molecule has 24 heavy (non-hydrogen) atoms. The van der Waals surface area contributed by atoms with Gasteiger partial charge in [-0.15, -0.1) is 0 Å². The van der Waals surface area contributed by atoms with Gasteiger partial charge in [0.1, 0.15) is 11.0 Å². The molecule has 2 heterocycles. The van der Waals surface area contributed by atoms with Gasteiger partial charge in [-0.3, -0.25) is 0 Å². The van der Waals surface area contributed by atoms with Gasteiger partial charge >= 0.3 is 0 Å². The Morgan fingerprint density at radius 2 is 2.04 bits per heavy atom. The summed E-state index contributed by atoms with van der Waals surface area (Å²) in [4.78, 5) is 4.20. The number of benzene rings is 1. The van der Waals surface area contributed by atoms with Gasteiger partial charge < -0.3 is 4.74 Å². The summed E-state index contributed by atoms with van der Waals surface area (Å²) in [7, 11) is -3.71. The topological polar surface area (TPSA) is 59.5 Å². The predicted octanol–water partition coefficient (Wildman–Crippen LogP) is 3.54. The van der Waals surface area contributed by atoms with Gasteiger partial charge in [0.05, 0.1) is 11.6 Å². The number of rotatable bonds is 4. The van der Waals surface area contributed by atoms with Crippen LogP contribution in [0.5, 0.6) is 5.88 Å². The van der Waals surface area contributed by atoms with Gasteiger partial charge in [-0.25, -0.2) is 13.4 Å². The molecule has 1 unspecified atom stereocenters. The lowest BCUT2D eigenvalue weighted by atomic mass is 10.3. The number of aromatic nitrogens is 1. The second kappa shape index (κ2) is 6.88. The predicted molar refractivity (Wildman–Crippen MR) is 93.2 cm³/mol. The van der Waals surface area contributed by atoms with Crippen molar-refractivity contribution in [2.24, 2.45) is 0 Å². The van der Waals surface area contributed by atoms with Gasteiger partial charge in [-0.2, -0.15) is 4.31 Å². The number of nitrogens with zero attached hydrogens (tertiary/aromatic N) is 2. The van der Waals surface area contributed by atoms with E-state index in [-0.39, 0.29) is 22.6 Å². The van der Waals surface area contributed by atoms with Crippen LogP contribution in [0.2, 0.25) is 10.0 Å². The zero-order chi connectivity index (χ0) is 17.3. The molecule has 1 aromatic heterocycles. The standard InChI is InChI=1S/C16H16Cl2N2O3S/c1-11-2-5-16(19-9-11)23-13-6-7-20(10-13)24(21,22)15-8-12(17)3-4-14(15)18/h2-5,8-9,13H,6-7,10H2,1H3. The number of aryl methyl sites for hydroxylation is 1. The maximum atomic E-state index is 12.8. The van der Waals surface area contributed by atoms with Crippen molar-refractivity contribution in [1.82, 2.24) is 9.29 Å². The fourth-order valence-corrected chi connectivity index (χ4v) is 4.74. The minimum atomic E-state index is -3.71. The molecule has 1 aromatic carbocycles. The average molecular weight is 387 g/mol. The van der Waals surface area contributed by atoms with E-state index in [1.807, 2.05) is 13.0 Å². The van der Waals surface area contributed by atoms with Crippen LogP contribution in [0, 0.1) is 6.92 Å². The summed E-state index contributed by atoms with van der Waals surface area (Å²) in [5.74, 6) is 0.491. The van der Waals surface area contributed by atoms with Crippen molar-refractivity contribution in [1.29, 1.82) is 0 Å². The van der Waals surface area contributed by atoms with E-state index in [0.29, 0.717) is 23.9 Å². The molecule has 1 saturated heterocycles. The SMILES string of the molecule is Cc1ccc(OC2CCN(S(=O)(=O)c3cc(Cl)ccc3Cl)C2)nc1. The second-order valence-electron chi connectivity index (χ2n) is 5.64. The minimum absolute atomic E-state index is 0.0192. The van der Waals surface area contributed by atoms with Gasteiger partial charge in [0, 0.05) is 23.8 Å². The van der Waals surface area contributed by atoms with E-state index < -0.39 is 10.0 Å². The van der Waals surface area contributed by atoms with E-state index in [9.17, 15) is 8.42 Å². The van der Waals surface area contributed by atoms with Crippen molar-refractivity contribution in [3.63, 3.8) is 0 Å². The summed E-state index contributed by atoms with van der Waals surface area (Å²) in [6.07, 6.45) is 2.06. The first kappa shape index (κ1) is 17.5. The van der Waals surface area contributed by atoms with E-state index in [0.717, 1.165) is 5.56 Å². The van der Waals surface area contributed by atoms with E-state index in [1.165, 1.54) is 16.4 Å². The Morgan fingerprint density at radius 1 is 1.25 bits per heavy atom. The lowest BCUT2D eigenvalue weighted by Gasteiger charge is -2.18. The smallest absolute Gasteiger partial charge is 0.244 e. The number of ether oxygens (including phenoxy) is 1. The molecule has 0 saturated carbocycles. The first-order valence-electron chi connectivity index (χ1n) is 7.41. The van der Waals surface area contributed by atoms with Crippen LogP contribution in [-0.2, 0) is 10.0 Å². The zero-order valence-corrected chi connectivity index (χ0v) is 15.3. The second-order valence-corrected chi connectivity index (χ2v) is 8.39. The number of hydrogen-bond acceptors (Lipinski definition) is 4. The van der Waals surface area contributed by atoms with Gasteiger partial charge in [-0.05, 0) is 37.1 Å². The Morgan fingerprint density at radius 3 is 2.75 bits per heavy atom. The Bertz CT molecular complexity index is 841. The van der Waals surface area contributed by atoms with E-state index in [4.69, 9.17) is 27.9 Å². The summed E-state index contributed by atoms with van der Waals surface area (Å²) in [5, 5.41) is 0.484. The molecule has 0 spiro atoms. The molecular weight excluding hydrogens is 371 g/mol. The van der Waals surface area contributed by atoms with Crippen molar-refractivity contribution >= 4 is 33.2 Å². The summed E-state index contributed by atoms with van der Waals surface area (Å²) in [5.41, 5.74) is 1.04. The van der Waals surface area contributed by atoms with Crippen LogP contribution in [0.25, 0.3) is 0 Å². The number of pyridine rings is 1. The lowest BCUT2D eigenvalue weighted by Crippen LogP contribution is -2.31. The van der Waals surface area contributed by atoms with Crippen molar-refractivity contribution < 1.29 is 13.2 Å². The van der Waals surface area contributed by atoms with Crippen LogP contribution in [-0.4, -0.2) is 36.9 Å². The van der Waals surface area contributed by atoms with Crippen LogP contribution in [0.1, 0.15) is 12.0 Å². The molecule has 0 radical (unpaired) electrons. The minimum Gasteiger partial charge on any atom is -0.473 e. The van der Waals surface area contributed by atoms with E-state index >= 15 is 0 Å². The van der Waals surface area contributed by atoms with Crippen LogP contribution in [0.3, 0.4) is 0 Å². The fourth-order valence-electron chi connectivity index (χ4n) is 2.52. The lowest BCUT2D eigenvalue weighted by molar-refractivity contribution is 0.207. The Hall–Kier alpha value is -1.34. The van der Waals surface area contributed by atoms with Gasteiger partial charge in [0.15, 0.2) is 0 Å². The van der Waals surface area contributed by atoms with Crippen molar-refractivity contribution in [2.75, 3.05) is 13.1 Å². The fraction of sp³-hybridized carbons (Fsp3) is 0.312. The van der Waals surface area contributed by atoms with E-state index in [1.54, 1.807) is 18.3 Å². The first-order valence-corrected chi connectivity index (χ1v) is 9.60. The molecule has 1 fully saturated rings. The number of hydrogen-bond donors (Lipinski definition) is 0. The monoisotopic (exact) mass is 386 g/mol. The molecule has 0 N–H and O–H groups in total. The van der Waals surface area contributed by atoms with Crippen molar-refractivity contribution in [2.45, 2.75) is 24.3 Å². The average Bonchev–Trinajstić information content (AvgIpc) is 3.01. The molecule has 3 rings (SSSR count). The summed E-state index contributed by atoms with van der Waals surface area (Å²) in [6.45, 7) is 2.55. The highest BCUT2D eigenvalue weighted by Gasteiger charge is 2.35. The van der Waals surface area contributed by atoms with Gasteiger partial charge in [0.25, 0.3) is 0 Å². The maximum absolute atomic E-state index is 12.8. The van der Waals surface area contributed by atoms with Crippen LogP contribution >= 0.6 is 23.2 Å². The molecule has 2 aromatic rings. The summed E-state index contributed by atoms with van der Waals surface area (Å²) in [6, 6.07) is 8.09. The summed E-state index contributed by atoms with van der Waals surface area (Å²) < 4.78 is 32.7. The molecule has 1 aliphatic rings. The highest BCUT2D eigenvalue weighted by Crippen LogP contribution is 2.30. The molecule has 0 amide bonds. The Labute approximate surface area is 151 Å². The molecule has 1 atom stereocenters. The Balaban J connectivity index is 1.74. The quantitative estimate of drug-likeness (QED) is 0.805. The highest BCUT2D eigenvalue weighted by atomic mass is 35.5. The van der Waals surface area contributed by atoms with Crippen LogP contribution < -0.4 is 4.74 Å². The molecule has 8 heteroatoms. The van der Waals surface area contributed by atoms with Crippen molar-refractivity contribution in [3.8, 4) is 5.88 Å². The molecule has 128 valence electrons. The largest absolute Gasteiger partial charge is 0.473 e. The van der Waals surface area contributed by atoms with Crippen LogP contribution in [0.15, 0.2) is 41.4 Å². The van der Waals surface area contributed by atoms with Gasteiger partial charge in [-0.1, -0.05) is 29.3 Å². The normalized spacial score (nSPS) is 18.7. The number of halogens is 2. The van der Waals surface area contributed by atoms with E-state index in [2.05, 4.69) is 4.98 Å². The third-order valence-electron chi connectivity index (χ3n) is 3.79. The zero-order valence-electron chi connectivity index (χ0n) is 12.9. The van der Waals surface area contributed by atoms with Crippen LogP contribution in [0.4, 0.5) is 0 Å². The molecular formula is C16H16Cl2N2O3S. The van der Waals surface area contributed by atoms with Gasteiger partial charge in [0.2, 0.25) is 15.9 Å². The molecule has 0 bridgehead atoms. The van der Waals surface area contributed by atoms with Crippen molar-refractivity contribution in [3.05, 3.63) is 52.1 Å². The molecule has 0 aliphatic carbocycles. The molecule has 5 nitrogen and oxygen atoms in total. The summed E-state index contributed by atoms with van der Waals surface area (Å²) >= 11 is 11.9. The number of sulfonamides is 1. The molecule has 1 aliphatic heterocycles. The highest BCUT2D eigenvalue weighted by molar-refractivity contribution is 7.89. The Kier molecular flexibility index (Phi) is 5.01. The third-order valence-corrected chi connectivity index (χ3v) is 6.37. The first-order chi connectivity index (χ1) is 11.4.